The number of carbonyl (C=O) groups is 1. The molecule has 106 valence electrons. The molecule has 2 aromatic carbocycles. The molecule has 0 heterocycles. The fourth-order valence-corrected chi connectivity index (χ4v) is 2.21. The van der Waals surface area contributed by atoms with Crippen molar-refractivity contribution in [3.8, 4) is 6.07 Å². The molecule has 0 fully saturated rings. The first-order chi connectivity index (χ1) is 10.1. The monoisotopic (exact) mass is 278 g/mol. The van der Waals surface area contributed by atoms with E-state index in [-0.39, 0.29) is 5.78 Å². The quantitative estimate of drug-likeness (QED) is 0.782. The van der Waals surface area contributed by atoms with Crippen LogP contribution in [0.5, 0.6) is 0 Å². The predicted octanol–water partition coefficient (Wildman–Crippen LogP) is 3.79. The predicted molar refractivity (Wildman–Crippen MR) is 84.3 cm³/mol. The lowest BCUT2D eigenvalue weighted by atomic mass is 10.1. The summed E-state index contributed by atoms with van der Waals surface area (Å²) in [5, 5.41) is 8.92. The topological polar surface area (TPSA) is 44.1 Å². The normalized spacial score (nSPS) is 9.95. The number of rotatable bonds is 5. The van der Waals surface area contributed by atoms with E-state index in [2.05, 4.69) is 11.0 Å². The molecule has 2 rings (SSSR count). The summed E-state index contributed by atoms with van der Waals surface area (Å²) in [7, 11) is 2.00. The molecule has 0 aromatic heterocycles. The summed E-state index contributed by atoms with van der Waals surface area (Å²) in [5.74, 6) is 0.158. The van der Waals surface area contributed by atoms with Crippen LogP contribution in [0.1, 0.15) is 34.8 Å². The van der Waals surface area contributed by atoms with Crippen molar-refractivity contribution in [1.82, 2.24) is 0 Å². The number of anilines is 1. The van der Waals surface area contributed by atoms with E-state index in [4.69, 9.17) is 5.26 Å². The largest absolute Gasteiger partial charge is 0.370 e. The lowest BCUT2D eigenvalue weighted by molar-refractivity contribution is 0.0988. The third-order valence-electron chi connectivity index (χ3n) is 3.43. The summed E-state index contributed by atoms with van der Waals surface area (Å²) in [6.45, 7) is 2.58. The lowest BCUT2D eigenvalue weighted by Crippen LogP contribution is -2.16. The maximum atomic E-state index is 11.6. The number of benzene rings is 2. The minimum absolute atomic E-state index is 0.158. The number of nitriles is 1. The number of nitrogens with zero attached hydrogens (tertiary/aromatic N) is 2. The zero-order valence-corrected chi connectivity index (χ0v) is 12.3. The van der Waals surface area contributed by atoms with Gasteiger partial charge in [0.05, 0.1) is 11.6 Å². The molecule has 0 N–H and O–H groups in total. The summed E-state index contributed by atoms with van der Waals surface area (Å²) in [4.78, 5) is 13.7. The highest BCUT2D eigenvalue weighted by Crippen LogP contribution is 2.17. The minimum Gasteiger partial charge on any atom is -0.370 e. The Kier molecular flexibility index (Phi) is 4.73. The summed E-state index contributed by atoms with van der Waals surface area (Å²) < 4.78 is 0. The summed E-state index contributed by atoms with van der Waals surface area (Å²) >= 11 is 0. The van der Waals surface area contributed by atoms with Crippen LogP contribution in [0.2, 0.25) is 0 Å². The van der Waals surface area contributed by atoms with Gasteiger partial charge in [0, 0.05) is 31.3 Å². The van der Waals surface area contributed by atoms with Crippen LogP contribution in [0.4, 0.5) is 5.69 Å². The zero-order chi connectivity index (χ0) is 15.2. The SMILES string of the molecule is CCC(=O)c1ccc(N(C)Cc2cccc(C#N)c2)cc1. The molecule has 0 spiro atoms. The van der Waals surface area contributed by atoms with Crippen LogP contribution in [-0.2, 0) is 6.54 Å². The molecule has 0 saturated heterocycles. The van der Waals surface area contributed by atoms with Gasteiger partial charge < -0.3 is 4.90 Å². The lowest BCUT2D eigenvalue weighted by Gasteiger charge is -2.19. The maximum Gasteiger partial charge on any atom is 0.162 e. The van der Waals surface area contributed by atoms with E-state index in [1.807, 2.05) is 56.4 Å². The molecule has 0 aliphatic rings. The Morgan fingerprint density at radius 1 is 1.19 bits per heavy atom. The van der Waals surface area contributed by atoms with E-state index in [0.717, 1.165) is 23.4 Å². The second kappa shape index (κ2) is 6.71. The van der Waals surface area contributed by atoms with Crippen LogP contribution < -0.4 is 4.90 Å². The van der Waals surface area contributed by atoms with Crippen molar-refractivity contribution < 1.29 is 4.79 Å². The minimum atomic E-state index is 0.158. The Bertz CT molecular complexity index is 668. The first-order valence-corrected chi connectivity index (χ1v) is 6.97. The van der Waals surface area contributed by atoms with Gasteiger partial charge in [-0.3, -0.25) is 4.79 Å². The number of hydrogen-bond donors (Lipinski definition) is 0. The molecule has 0 aliphatic carbocycles. The van der Waals surface area contributed by atoms with Gasteiger partial charge in [-0.2, -0.15) is 5.26 Å². The van der Waals surface area contributed by atoms with Crippen molar-refractivity contribution >= 4 is 11.5 Å². The molecule has 0 bridgehead atoms. The summed E-state index contributed by atoms with van der Waals surface area (Å²) in [5.41, 5.74) is 3.56. The second-order valence-electron chi connectivity index (χ2n) is 4.99. The van der Waals surface area contributed by atoms with Gasteiger partial charge in [-0.15, -0.1) is 0 Å². The van der Waals surface area contributed by atoms with Crippen LogP contribution in [0.3, 0.4) is 0 Å². The van der Waals surface area contributed by atoms with E-state index in [0.29, 0.717) is 12.0 Å². The van der Waals surface area contributed by atoms with E-state index in [9.17, 15) is 4.79 Å². The van der Waals surface area contributed by atoms with Crippen molar-refractivity contribution in [2.24, 2.45) is 0 Å². The van der Waals surface area contributed by atoms with Crippen molar-refractivity contribution in [3.63, 3.8) is 0 Å². The summed E-state index contributed by atoms with van der Waals surface area (Å²) in [6, 6.07) is 17.4. The molecule has 21 heavy (non-hydrogen) atoms. The Labute approximate surface area is 125 Å². The number of Topliss-reactive ketones (excluding diaryl/α,β-unsaturated/α-hetero) is 1. The number of hydrogen-bond acceptors (Lipinski definition) is 3. The first kappa shape index (κ1) is 14.8. The Morgan fingerprint density at radius 2 is 1.90 bits per heavy atom. The average Bonchev–Trinajstić information content (AvgIpc) is 2.54. The second-order valence-corrected chi connectivity index (χ2v) is 4.99. The highest BCUT2D eigenvalue weighted by Gasteiger charge is 2.06. The van der Waals surface area contributed by atoms with Gasteiger partial charge >= 0.3 is 0 Å². The van der Waals surface area contributed by atoms with E-state index < -0.39 is 0 Å². The van der Waals surface area contributed by atoms with E-state index >= 15 is 0 Å². The van der Waals surface area contributed by atoms with Gasteiger partial charge in [0.25, 0.3) is 0 Å². The standard InChI is InChI=1S/C18H18N2O/c1-3-18(21)16-7-9-17(10-8-16)20(2)13-15-6-4-5-14(11-15)12-19/h4-11H,3,13H2,1-2H3. The molecule has 2 aromatic rings. The Morgan fingerprint density at radius 3 is 2.52 bits per heavy atom. The van der Waals surface area contributed by atoms with Crippen LogP contribution in [0, 0.1) is 11.3 Å². The van der Waals surface area contributed by atoms with Gasteiger partial charge in [0.15, 0.2) is 5.78 Å². The molecule has 0 amide bonds. The molecule has 0 saturated carbocycles. The Balaban J connectivity index is 2.11. The fourth-order valence-electron chi connectivity index (χ4n) is 2.21. The third-order valence-corrected chi connectivity index (χ3v) is 3.43. The Hall–Kier alpha value is -2.60. The van der Waals surface area contributed by atoms with Gasteiger partial charge in [0.1, 0.15) is 0 Å². The molecule has 0 radical (unpaired) electrons. The van der Waals surface area contributed by atoms with Crippen molar-refractivity contribution in [3.05, 3.63) is 65.2 Å². The third kappa shape index (κ3) is 3.70. The molecule has 0 atom stereocenters. The van der Waals surface area contributed by atoms with Crippen LogP contribution >= 0.6 is 0 Å². The molecule has 3 nitrogen and oxygen atoms in total. The fraction of sp³-hybridized carbons (Fsp3) is 0.222. The van der Waals surface area contributed by atoms with Crippen molar-refractivity contribution in [2.45, 2.75) is 19.9 Å². The maximum absolute atomic E-state index is 11.6. The van der Waals surface area contributed by atoms with Crippen molar-refractivity contribution in [2.75, 3.05) is 11.9 Å². The number of ketones is 1. The highest BCUT2D eigenvalue weighted by molar-refractivity contribution is 5.96. The van der Waals surface area contributed by atoms with Gasteiger partial charge in [-0.05, 0) is 42.0 Å². The molecule has 3 heteroatoms. The van der Waals surface area contributed by atoms with E-state index in [1.54, 1.807) is 6.07 Å². The first-order valence-electron chi connectivity index (χ1n) is 6.97. The summed E-state index contributed by atoms with van der Waals surface area (Å²) in [6.07, 6.45) is 0.524. The average molecular weight is 278 g/mol. The van der Waals surface area contributed by atoms with Crippen LogP contribution in [0.15, 0.2) is 48.5 Å². The van der Waals surface area contributed by atoms with Crippen molar-refractivity contribution in [1.29, 1.82) is 5.26 Å². The van der Waals surface area contributed by atoms with Gasteiger partial charge in [-0.1, -0.05) is 19.1 Å². The van der Waals surface area contributed by atoms with Gasteiger partial charge in [-0.25, -0.2) is 0 Å². The molecular formula is C18H18N2O. The highest BCUT2D eigenvalue weighted by atomic mass is 16.1. The van der Waals surface area contributed by atoms with Crippen LogP contribution in [0.25, 0.3) is 0 Å². The molecular weight excluding hydrogens is 260 g/mol. The zero-order valence-electron chi connectivity index (χ0n) is 12.3. The van der Waals surface area contributed by atoms with Crippen LogP contribution in [-0.4, -0.2) is 12.8 Å². The molecule has 0 aliphatic heterocycles. The smallest absolute Gasteiger partial charge is 0.162 e. The van der Waals surface area contributed by atoms with Gasteiger partial charge in [0.2, 0.25) is 0 Å². The van der Waals surface area contributed by atoms with E-state index in [1.165, 1.54) is 0 Å². The molecule has 0 unspecified atom stereocenters. The number of carbonyl (C=O) groups excluding carboxylic acids is 1.